The maximum atomic E-state index is 5.66. The summed E-state index contributed by atoms with van der Waals surface area (Å²) in [5.41, 5.74) is 1.03. The summed E-state index contributed by atoms with van der Waals surface area (Å²) >= 11 is 0. The van der Waals surface area contributed by atoms with Crippen molar-refractivity contribution in [1.82, 2.24) is 15.2 Å². The Morgan fingerprint density at radius 2 is 2.11 bits per heavy atom. The van der Waals surface area contributed by atoms with Crippen LogP contribution in [0.1, 0.15) is 30.2 Å². The van der Waals surface area contributed by atoms with Gasteiger partial charge in [-0.25, -0.2) is 4.98 Å². The lowest BCUT2D eigenvalue weighted by Gasteiger charge is -2.33. The molecule has 1 aromatic rings. The van der Waals surface area contributed by atoms with E-state index in [1.165, 1.54) is 25.9 Å². The summed E-state index contributed by atoms with van der Waals surface area (Å²) < 4.78 is 5.66. The van der Waals surface area contributed by atoms with Gasteiger partial charge in [0.25, 0.3) is 0 Å². The number of halogens is 2. The van der Waals surface area contributed by atoms with E-state index in [0.717, 1.165) is 42.4 Å². The molecule has 1 aromatic heterocycles. The van der Waals surface area contributed by atoms with Crippen molar-refractivity contribution in [2.75, 3.05) is 19.6 Å². The highest BCUT2D eigenvalue weighted by molar-refractivity contribution is 5.85. The zero-order valence-corrected chi connectivity index (χ0v) is 13.1. The number of piperidine rings is 1. The fourth-order valence-corrected chi connectivity index (χ4v) is 3.06. The number of rotatable bonds is 2. The lowest BCUT2D eigenvalue weighted by atomic mass is 9.93. The average molecular weight is 308 g/mol. The minimum atomic E-state index is 0. The van der Waals surface area contributed by atoms with Gasteiger partial charge in [0.05, 0.1) is 12.2 Å². The predicted molar refractivity (Wildman–Crippen MR) is 80.3 cm³/mol. The van der Waals surface area contributed by atoms with Crippen LogP contribution in [0.2, 0.25) is 0 Å². The Hall–Kier alpha value is -0.290. The molecule has 2 saturated heterocycles. The molecular formula is C13H23Cl2N3O. The van der Waals surface area contributed by atoms with Gasteiger partial charge >= 0.3 is 0 Å². The first-order valence-electron chi connectivity index (χ1n) is 6.61. The van der Waals surface area contributed by atoms with Crippen molar-refractivity contribution in [3.05, 3.63) is 17.3 Å². The third-order valence-corrected chi connectivity index (χ3v) is 4.17. The zero-order chi connectivity index (χ0) is 11.8. The molecule has 2 fully saturated rings. The molecular weight excluding hydrogens is 285 g/mol. The number of oxazole rings is 1. The second-order valence-corrected chi connectivity index (χ2v) is 5.38. The predicted octanol–water partition coefficient (Wildman–Crippen LogP) is 2.32. The first kappa shape index (κ1) is 16.8. The molecule has 6 heteroatoms. The topological polar surface area (TPSA) is 41.3 Å². The number of hydrogen-bond donors (Lipinski definition) is 1. The maximum absolute atomic E-state index is 5.66. The van der Waals surface area contributed by atoms with Crippen LogP contribution < -0.4 is 5.32 Å². The molecule has 2 unspecified atom stereocenters. The maximum Gasteiger partial charge on any atom is 0.208 e. The average Bonchev–Trinajstić information content (AvgIpc) is 2.86. The van der Waals surface area contributed by atoms with Crippen molar-refractivity contribution in [2.45, 2.75) is 39.3 Å². The fourth-order valence-electron chi connectivity index (χ4n) is 3.06. The van der Waals surface area contributed by atoms with Crippen molar-refractivity contribution in [1.29, 1.82) is 0 Å². The highest BCUT2D eigenvalue weighted by atomic mass is 35.5. The fraction of sp³-hybridized carbons (Fsp3) is 0.769. The van der Waals surface area contributed by atoms with Gasteiger partial charge in [0, 0.05) is 19.1 Å². The molecule has 0 bridgehead atoms. The Morgan fingerprint density at radius 3 is 2.79 bits per heavy atom. The lowest BCUT2D eigenvalue weighted by molar-refractivity contribution is 0.144. The van der Waals surface area contributed by atoms with Crippen LogP contribution in [-0.2, 0) is 6.54 Å². The van der Waals surface area contributed by atoms with Crippen LogP contribution in [0, 0.1) is 19.8 Å². The van der Waals surface area contributed by atoms with E-state index in [-0.39, 0.29) is 24.8 Å². The van der Waals surface area contributed by atoms with Crippen molar-refractivity contribution in [2.24, 2.45) is 5.92 Å². The van der Waals surface area contributed by atoms with Crippen LogP contribution in [0.25, 0.3) is 0 Å². The lowest BCUT2D eigenvalue weighted by Crippen LogP contribution is -2.43. The summed E-state index contributed by atoms with van der Waals surface area (Å²) in [4.78, 5) is 6.95. The highest BCUT2D eigenvalue weighted by Gasteiger charge is 2.32. The Kier molecular flexibility index (Phi) is 6.12. The summed E-state index contributed by atoms with van der Waals surface area (Å²) in [6, 6.07) is 0.763. The molecule has 0 amide bonds. The molecule has 0 spiro atoms. The summed E-state index contributed by atoms with van der Waals surface area (Å²) in [5, 5.41) is 3.59. The van der Waals surface area contributed by atoms with Crippen LogP contribution >= 0.6 is 24.8 Å². The largest absolute Gasteiger partial charge is 0.444 e. The van der Waals surface area contributed by atoms with Crippen LogP contribution in [0.15, 0.2) is 4.42 Å². The van der Waals surface area contributed by atoms with E-state index in [1.54, 1.807) is 0 Å². The highest BCUT2D eigenvalue weighted by Crippen LogP contribution is 2.25. The van der Waals surface area contributed by atoms with Gasteiger partial charge in [-0.3, -0.25) is 4.90 Å². The number of nitrogens with zero attached hydrogens (tertiary/aromatic N) is 2. The molecule has 19 heavy (non-hydrogen) atoms. The van der Waals surface area contributed by atoms with Crippen molar-refractivity contribution >= 4 is 24.8 Å². The summed E-state index contributed by atoms with van der Waals surface area (Å²) in [7, 11) is 0. The Balaban J connectivity index is 0.000000902. The van der Waals surface area contributed by atoms with Gasteiger partial charge < -0.3 is 9.73 Å². The van der Waals surface area contributed by atoms with Gasteiger partial charge in [0.1, 0.15) is 5.76 Å². The van der Waals surface area contributed by atoms with Crippen LogP contribution in [0.4, 0.5) is 0 Å². The van der Waals surface area contributed by atoms with Crippen molar-refractivity contribution < 1.29 is 4.42 Å². The molecule has 0 radical (unpaired) electrons. The van der Waals surface area contributed by atoms with Gasteiger partial charge in [0.15, 0.2) is 0 Å². The smallest absolute Gasteiger partial charge is 0.208 e. The molecule has 110 valence electrons. The standard InChI is InChI=1S/C13H21N3O.2ClH/c1-9-10(2)17-13(15-9)8-16-6-4-12-11(7-16)3-5-14-12;;/h11-12,14H,3-8H2,1-2H3;2*1H. The quantitative estimate of drug-likeness (QED) is 0.910. The zero-order valence-electron chi connectivity index (χ0n) is 11.5. The number of fused-ring (bicyclic) bond motifs is 1. The Labute approximate surface area is 127 Å². The molecule has 2 aliphatic rings. The van der Waals surface area contributed by atoms with Crippen molar-refractivity contribution in [3.63, 3.8) is 0 Å². The van der Waals surface area contributed by atoms with E-state index in [2.05, 4.69) is 15.2 Å². The number of aromatic nitrogens is 1. The first-order chi connectivity index (χ1) is 8.22. The molecule has 2 atom stereocenters. The molecule has 0 aliphatic carbocycles. The van der Waals surface area contributed by atoms with Crippen LogP contribution in [0.5, 0.6) is 0 Å². The van der Waals surface area contributed by atoms with Gasteiger partial charge in [-0.1, -0.05) is 0 Å². The SMILES string of the molecule is Cc1nc(CN2CCC3NCCC3C2)oc1C.Cl.Cl. The number of nitrogens with one attached hydrogen (secondary N) is 1. The van der Waals surface area contributed by atoms with Gasteiger partial charge in [-0.15, -0.1) is 24.8 Å². The first-order valence-corrected chi connectivity index (χ1v) is 6.61. The molecule has 1 N–H and O–H groups in total. The molecule has 4 nitrogen and oxygen atoms in total. The van der Waals surface area contributed by atoms with E-state index in [9.17, 15) is 0 Å². The molecule has 3 heterocycles. The van der Waals surface area contributed by atoms with E-state index in [0.29, 0.717) is 0 Å². The van der Waals surface area contributed by atoms with Gasteiger partial charge in [-0.2, -0.15) is 0 Å². The molecule has 2 aliphatic heterocycles. The van der Waals surface area contributed by atoms with Crippen LogP contribution in [-0.4, -0.2) is 35.6 Å². The third kappa shape index (κ3) is 3.63. The third-order valence-electron chi connectivity index (χ3n) is 4.17. The number of aryl methyl sites for hydroxylation is 2. The Bertz CT molecular complexity index is 391. The summed E-state index contributed by atoms with van der Waals surface area (Å²) in [6.07, 6.45) is 2.59. The van der Waals surface area contributed by atoms with E-state index < -0.39 is 0 Å². The molecule has 3 rings (SSSR count). The second-order valence-electron chi connectivity index (χ2n) is 5.38. The van der Waals surface area contributed by atoms with E-state index >= 15 is 0 Å². The number of likely N-dealkylation sites (tertiary alicyclic amines) is 1. The minimum absolute atomic E-state index is 0. The van der Waals surface area contributed by atoms with E-state index in [4.69, 9.17) is 4.42 Å². The van der Waals surface area contributed by atoms with Crippen LogP contribution in [0.3, 0.4) is 0 Å². The monoisotopic (exact) mass is 307 g/mol. The summed E-state index contributed by atoms with van der Waals surface area (Å²) in [5.74, 6) is 2.67. The van der Waals surface area contributed by atoms with Crippen molar-refractivity contribution in [3.8, 4) is 0 Å². The molecule has 0 saturated carbocycles. The molecule has 0 aromatic carbocycles. The number of hydrogen-bond acceptors (Lipinski definition) is 4. The van der Waals surface area contributed by atoms with Gasteiger partial charge in [0.2, 0.25) is 5.89 Å². The van der Waals surface area contributed by atoms with E-state index in [1.807, 2.05) is 13.8 Å². The summed E-state index contributed by atoms with van der Waals surface area (Å²) in [6.45, 7) is 8.42. The minimum Gasteiger partial charge on any atom is -0.444 e. The second kappa shape index (κ2) is 6.93. The normalized spacial score (nSPS) is 26.4. The Morgan fingerprint density at radius 1 is 1.32 bits per heavy atom. The van der Waals surface area contributed by atoms with Gasteiger partial charge in [-0.05, 0) is 39.2 Å².